The van der Waals surface area contributed by atoms with Crippen LogP contribution in [0.3, 0.4) is 0 Å². The maximum atomic E-state index is 12.4. The van der Waals surface area contributed by atoms with Gasteiger partial charge >= 0.3 is 0 Å². The van der Waals surface area contributed by atoms with Gasteiger partial charge in [-0.1, -0.05) is 18.2 Å². The molecule has 2 aromatic rings. The van der Waals surface area contributed by atoms with Crippen molar-refractivity contribution in [2.24, 2.45) is 5.92 Å². The Hall–Kier alpha value is -2.96. The molecule has 1 saturated heterocycles. The molecule has 3 rings (SSSR count). The van der Waals surface area contributed by atoms with E-state index in [2.05, 4.69) is 10.3 Å². The van der Waals surface area contributed by atoms with Crippen molar-refractivity contribution in [3.05, 3.63) is 58.3 Å². The Morgan fingerprint density at radius 1 is 1.24 bits per heavy atom. The van der Waals surface area contributed by atoms with E-state index in [4.69, 9.17) is 0 Å². The van der Waals surface area contributed by atoms with E-state index in [-0.39, 0.29) is 22.4 Å². The number of piperidine rings is 1. The number of benzene rings is 1. The Morgan fingerprint density at radius 2 is 1.96 bits per heavy atom. The summed E-state index contributed by atoms with van der Waals surface area (Å²) in [7, 11) is 0. The Morgan fingerprint density at radius 3 is 2.60 bits per heavy atom. The predicted molar refractivity (Wildman–Crippen MR) is 95.6 cm³/mol. The summed E-state index contributed by atoms with van der Waals surface area (Å²) in [5, 5.41) is 14.0. The topological polar surface area (TPSA) is 88.4 Å². The molecule has 7 heteroatoms. The molecule has 0 bridgehead atoms. The highest BCUT2D eigenvalue weighted by Crippen LogP contribution is 2.31. The van der Waals surface area contributed by atoms with Crippen LogP contribution in [0.25, 0.3) is 0 Å². The minimum absolute atomic E-state index is 0.0430. The van der Waals surface area contributed by atoms with Crippen molar-refractivity contribution in [3.63, 3.8) is 0 Å². The van der Waals surface area contributed by atoms with Gasteiger partial charge in [0.25, 0.3) is 5.69 Å². The zero-order valence-corrected chi connectivity index (χ0v) is 14.0. The van der Waals surface area contributed by atoms with Gasteiger partial charge in [0.1, 0.15) is 11.5 Å². The molecule has 1 aromatic carbocycles. The maximum absolute atomic E-state index is 12.4. The molecule has 1 fully saturated rings. The standard InChI is InChI=1S/C18H20N4O3/c1-13-6-7-17(19-12-13)20-18(23)14-8-10-21(11-9-14)15-4-2-3-5-16(15)22(24)25/h2-7,12,14H,8-11H2,1H3,(H,19,20,23). The van der Waals surface area contributed by atoms with Gasteiger partial charge < -0.3 is 10.2 Å². The number of nitrogens with zero attached hydrogens (tertiary/aromatic N) is 3. The van der Waals surface area contributed by atoms with Crippen LogP contribution in [0, 0.1) is 23.0 Å². The van der Waals surface area contributed by atoms with Gasteiger partial charge in [-0.3, -0.25) is 14.9 Å². The predicted octanol–water partition coefficient (Wildman–Crippen LogP) is 3.15. The van der Waals surface area contributed by atoms with E-state index >= 15 is 0 Å². The van der Waals surface area contributed by atoms with Crippen LogP contribution in [-0.2, 0) is 4.79 Å². The lowest BCUT2D eigenvalue weighted by Gasteiger charge is -2.32. The molecule has 1 aliphatic rings. The van der Waals surface area contributed by atoms with Gasteiger partial charge in [-0.25, -0.2) is 4.98 Å². The van der Waals surface area contributed by atoms with Crippen LogP contribution in [-0.4, -0.2) is 28.9 Å². The molecule has 0 atom stereocenters. The number of hydrogen-bond donors (Lipinski definition) is 1. The molecular formula is C18H20N4O3. The normalized spacial score (nSPS) is 15.0. The second kappa shape index (κ2) is 7.29. The molecule has 0 spiro atoms. The Balaban J connectivity index is 1.61. The Kier molecular flexibility index (Phi) is 4.92. The van der Waals surface area contributed by atoms with Gasteiger partial charge in [-0.2, -0.15) is 0 Å². The minimum Gasteiger partial charge on any atom is -0.366 e. The molecule has 1 amide bonds. The van der Waals surface area contributed by atoms with Crippen LogP contribution < -0.4 is 10.2 Å². The average Bonchev–Trinajstić information content (AvgIpc) is 2.63. The number of pyridine rings is 1. The number of rotatable bonds is 4. The van der Waals surface area contributed by atoms with Crippen molar-refractivity contribution in [1.29, 1.82) is 0 Å². The molecule has 25 heavy (non-hydrogen) atoms. The first-order valence-corrected chi connectivity index (χ1v) is 8.26. The second-order valence-electron chi connectivity index (χ2n) is 6.22. The van der Waals surface area contributed by atoms with Gasteiger partial charge in [0.05, 0.1) is 4.92 Å². The lowest BCUT2D eigenvalue weighted by molar-refractivity contribution is -0.384. The molecular weight excluding hydrogens is 320 g/mol. The van der Waals surface area contributed by atoms with Crippen molar-refractivity contribution in [2.75, 3.05) is 23.3 Å². The number of carbonyl (C=O) groups is 1. The number of amides is 1. The highest BCUT2D eigenvalue weighted by atomic mass is 16.6. The lowest BCUT2D eigenvalue weighted by atomic mass is 9.95. The fraction of sp³-hybridized carbons (Fsp3) is 0.333. The number of nitro groups is 1. The molecule has 1 aliphatic heterocycles. The van der Waals surface area contributed by atoms with Crippen molar-refractivity contribution in [3.8, 4) is 0 Å². The van der Waals surface area contributed by atoms with E-state index in [0.29, 0.717) is 37.4 Å². The fourth-order valence-corrected chi connectivity index (χ4v) is 3.04. The number of para-hydroxylation sites is 2. The quantitative estimate of drug-likeness (QED) is 0.682. The van der Waals surface area contributed by atoms with Gasteiger partial charge in [-0.15, -0.1) is 0 Å². The molecule has 2 heterocycles. The first-order valence-electron chi connectivity index (χ1n) is 8.26. The molecule has 1 N–H and O–H groups in total. The van der Waals surface area contributed by atoms with Gasteiger partial charge in [0.15, 0.2) is 0 Å². The van der Waals surface area contributed by atoms with Crippen molar-refractivity contribution < 1.29 is 9.72 Å². The summed E-state index contributed by atoms with van der Waals surface area (Å²) in [6, 6.07) is 10.4. The molecule has 0 saturated carbocycles. The van der Waals surface area contributed by atoms with Gasteiger partial charge in [0.2, 0.25) is 5.91 Å². The summed E-state index contributed by atoms with van der Waals surface area (Å²) in [5.74, 6) is 0.400. The third-order valence-electron chi connectivity index (χ3n) is 4.45. The zero-order chi connectivity index (χ0) is 17.8. The number of aryl methyl sites for hydroxylation is 1. The molecule has 0 aliphatic carbocycles. The molecule has 0 unspecified atom stereocenters. The SMILES string of the molecule is Cc1ccc(NC(=O)C2CCN(c3ccccc3[N+](=O)[O-])CC2)nc1. The Bertz CT molecular complexity index is 768. The van der Waals surface area contributed by atoms with Crippen molar-refractivity contribution in [2.45, 2.75) is 19.8 Å². The highest BCUT2D eigenvalue weighted by molar-refractivity contribution is 5.91. The van der Waals surface area contributed by atoms with E-state index in [0.717, 1.165) is 5.56 Å². The minimum atomic E-state index is -0.364. The number of hydrogen-bond acceptors (Lipinski definition) is 5. The molecule has 130 valence electrons. The average molecular weight is 340 g/mol. The first-order chi connectivity index (χ1) is 12.0. The van der Waals surface area contributed by atoms with Crippen LogP contribution in [0.1, 0.15) is 18.4 Å². The van der Waals surface area contributed by atoms with E-state index in [1.807, 2.05) is 17.9 Å². The van der Waals surface area contributed by atoms with Crippen LogP contribution in [0.4, 0.5) is 17.2 Å². The third-order valence-corrected chi connectivity index (χ3v) is 4.45. The summed E-state index contributed by atoms with van der Waals surface area (Å²) < 4.78 is 0. The van der Waals surface area contributed by atoms with Crippen molar-refractivity contribution >= 4 is 23.1 Å². The second-order valence-corrected chi connectivity index (χ2v) is 6.22. The number of aromatic nitrogens is 1. The summed E-state index contributed by atoms with van der Waals surface area (Å²) in [5.41, 5.74) is 1.76. The summed E-state index contributed by atoms with van der Waals surface area (Å²) in [6.45, 7) is 3.17. The maximum Gasteiger partial charge on any atom is 0.292 e. The lowest BCUT2D eigenvalue weighted by Crippen LogP contribution is -2.38. The van der Waals surface area contributed by atoms with E-state index in [9.17, 15) is 14.9 Å². The fourth-order valence-electron chi connectivity index (χ4n) is 3.04. The van der Waals surface area contributed by atoms with E-state index in [1.54, 1.807) is 30.5 Å². The summed E-state index contributed by atoms with van der Waals surface area (Å²) in [6.07, 6.45) is 3.03. The molecule has 1 aromatic heterocycles. The number of anilines is 2. The van der Waals surface area contributed by atoms with Gasteiger partial charge in [-0.05, 0) is 37.5 Å². The molecule has 7 nitrogen and oxygen atoms in total. The smallest absolute Gasteiger partial charge is 0.292 e. The number of nitrogens with one attached hydrogen (secondary N) is 1. The van der Waals surface area contributed by atoms with Crippen LogP contribution in [0.2, 0.25) is 0 Å². The van der Waals surface area contributed by atoms with Crippen LogP contribution in [0.5, 0.6) is 0 Å². The van der Waals surface area contributed by atoms with Crippen LogP contribution >= 0.6 is 0 Å². The van der Waals surface area contributed by atoms with E-state index in [1.165, 1.54) is 6.07 Å². The largest absolute Gasteiger partial charge is 0.366 e. The van der Waals surface area contributed by atoms with Gasteiger partial charge in [0, 0.05) is 31.3 Å². The van der Waals surface area contributed by atoms with E-state index < -0.39 is 0 Å². The Labute approximate surface area is 145 Å². The molecule has 0 radical (unpaired) electrons. The third kappa shape index (κ3) is 3.93. The van der Waals surface area contributed by atoms with Crippen LogP contribution in [0.15, 0.2) is 42.6 Å². The summed E-state index contributed by atoms with van der Waals surface area (Å²) >= 11 is 0. The number of carbonyl (C=O) groups excluding carboxylic acids is 1. The number of nitro benzene ring substituents is 1. The zero-order valence-electron chi connectivity index (χ0n) is 14.0. The highest BCUT2D eigenvalue weighted by Gasteiger charge is 2.28. The first kappa shape index (κ1) is 16.9. The summed E-state index contributed by atoms with van der Waals surface area (Å²) in [4.78, 5) is 29.4. The monoisotopic (exact) mass is 340 g/mol. The van der Waals surface area contributed by atoms with Crippen molar-refractivity contribution in [1.82, 2.24) is 4.98 Å².